The molecular formula is C15H14FN5O3S. The van der Waals surface area contributed by atoms with E-state index in [1.54, 1.807) is 31.4 Å². The van der Waals surface area contributed by atoms with E-state index in [1.165, 1.54) is 22.9 Å². The lowest BCUT2D eigenvalue weighted by atomic mass is 10.3. The number of sulfonamides is 1. The SMILES string of the molecule is COc1ccc(-n2nnnc2CNS(=O)(=O)c2ccccc2F)cc1. The Morgan fingerprint density at radius 2 is 1.88 bits per heavy atom. The van der Waals surface area contributed by atoms with E-state index in [2.05, 4.69) is 20.2 Å². The summed E-state index contributed by atoms with van der Waals surface area (Å²) in [4.78, 5) is -0.432. The Balaban J connectivity index is 1.81. The third-order valence-electron chi connectivity index (χ3n) is 3.40. The van der Waals surface area contributed by atoms with E-state index in [0.29, 0.717) is 11.4 Å². The molecule has 0 radical (unpaired) electrons. The van der Waals surface area contributed by atoms with Gasteiger partial charge in [0.1, 0.15) is 16.5 Å². The molecule has 0 aliphatic rings. The molecule has 10 heteroatoms. The monoisotopic (exact) mass is 363 g/mol. The van der Waals surface area contributed by atoms with Crippen LogP contribution in [-0.2, 0) is 16.6 Å². The number of nitrogens with zero attached hydrogens (tertiary/aromatic N) is 4. The lowest BCUT2D eigenvalue weighted by molar-refractivity contribution is 0.414. The molecule has 0 amide bonds. The van der Waals surface area contributed by atoms with Crippen molar-refractivity contribution < 1.29 is 17.5 Å². The summed E-state index contributed by atoms with van der Waals surface area (Å²) in [6, 6.07) is 12.0. The fourth-order valence-electron chi connectivity index (χ4n) is 2.14. The largest absolute Gasteiger partial charge is 0.497 e. The number of hydrogen-bond acceptors (Lipinski definition) is 6. The molecule has 0 aliphatic carbocycles. The Morgan fingerprint density at radius 3 is 2.56 bits per heavy atom. The number of nitrogens with one attached hydrogen (secondary N) is 1. The van der Waals surface area contributed by atoms with E-state index in [-0.39, 0.29) is 12.4 Å². The Kier molecular flexibility index (Phi) is 4.72. The average molecular weight is 363 g/mol. The summed E-state index contributed by atoms with van der Waals surface area (Å²) in [5.41, 5.74) is 0.630. The maximum atomic E-state index is 13.7. The highest BCUT2D eigenvalue weighted by atomic mass is 32.2. The fraction of sp³-hybridized carbons (Fsp3) is 0.133. The molecule has 130 valence electrons. The third-order valence-corrected chi connectivity index (χ3v) is 4.83. The van der Waals surface area contributed by atoms with Gasteiger partial charge in [-0.15, -0.1) is 5.10 Å². The van der Waals surface area contributed by atoms with Crippen LogP contribution in [0.4, 0.5) is 4.39 Å². The summed E-state index contributed by atoms with van der Waals surface area (Å²) in [7, 11) is -2.48. The lowest BCUT2D eigenvalue weighted by Gasteiger charge is -2.08. The van der Waals surface area contributed by atoms with Gasteiger partial charge in [-0.3, -0.25) is 0 Å². The normalized spacial score (nSPS) is 11.4. The molecule has 0 unspecified atom stereocenters. The van der Waals surface area contributed by atoms with Gasteiger partial charge >= 0.3 is 0 Å². The quantitative estimate of drug-likeness (QED) is 0.708. The standard InChI is InChI=1S/C15H14FN5O3S/c1-24-12-8-6-11(7-9-12)21-15(18-19-20-21)10-17-25(22,23)14-5-3-2-4-13(14)16/h2-9,17H,10H2,1H3. The van der Waals surface area contributed by atoms with Crippen LogP contribution in [0.25, 0.3) is 5.69 Å². The van der Waals surface area contributed by atoms with Gasteiger partial charge in [-0.25, -0.2) is 17.5 Å². The van der Waals surface area contributed by atoms with Crippen LogP contribution in [0.5, 0.6) is 5.75 Å². The van der Waals surface area contributed by atoms with E-state index in [0.717, 1.165) is 6.07 Å². The molecule has 0 bridgehead atoms. The molecule has 8 nitrogen and oxygen atoms in total. The van der Waals surface area contributed by atoms with Crippen molar-refractivity contribution >= 4 is 10.0 Å². The summed E-state index contributed by atoms with van der Waals surface area (Å²) in [5.74, 6) is 0.0912. The van der Waals surface area contributed by atoms with E-state index >= 15 is 0 Å². The zero-order valence-corrected chi connectivity index (χ0v) is 13.9. The number of ether oxygens (including phenoxy) is 1. The molecule has 0 spiro atoms. The smallest absolute Gasteiger partial charge is 0.243 e. The minimum atomic E-state index is -4.03. The predicted molar refractivity (Wildman–Crippen MR) is 86.1 cm³/mol. The first kappa shape index (κ1) is 17.0. The van der Waals surface area contributed by atoms with Gasteiger partial charge in [-0.05, 0) is 46.8 Å². The molecule has 0 saturated heterocycles. The van der Waals surface area contributed by atoms with Gasteiger partial charge in [0.25, 0.3) is 0 Å². The topological polar surface area (TPSA) is 99.0 Å². The molecule has 0 aliphatic heterocycles. The van der Waals surface area contributed by atoms with Crippen LogP contribution in [0.2, 0.25) is 0 Å². The van der Waals surface area contributed by atoms with Crippen molar-refractivity contribution in [1.29, 1.82) is 0 Å². The first-order chi connectivity index (χ1) is 12.0. The van der Waals surface area contributed by atoms with Crippen LogP contribution >= 0.6 is 0 Å². The maximum absolute atomic E-state index is 13.7. The Hall–Kier alpha value is -2.85. The van der Waals surface area contributed by atoms with Crippen LogP contribution < -0.4 is 9.46 Å². The van der Waals surface area contributed by atoms with Crippen molar-refractivity contribution in [3.05, 3.63) is 60.2 Å². The highest BCUT2D eigenvalue weighted by molar-refractivity contribution is 7.89. The summed E-state index contributed by atoms with van der Waals surface area (Å²) >= 11 is 0. The predicted octanol–water partition coefficient (Wildman–Crippen LogP) is 1.29. The van der Waals surface area contributed by atoms with E-state index in [1.807, 2.05) is 0 Å². The average Bonchev–Trinajstić information content (AvgIpc) is 3.09. The number of methoxy groups -OCH3 is 1. The molecule has 1 heterocycles. The summed E-state index contributed by atoms with van der Waals surface area (Å²) in [6.07, 6.45) is 0. The second-order valence-electron chi connectivity index (χ2n) is 4.96. The highest BCUT2D eigenvalue weighted by Crippen LogP contribution is 2.16. The summed E-state index contributed by atoms with van der Waals surface area (Å²) in [5, 5.41) is 11.2. The number of hydrogen-bond donors (Lipinski definition) is 1. The fourth-order valence-corrected chi connectivity index (χ4v) is 3.20. The Labute approximate surface area is 143 Å². The molecule has 3 rings (SSSR count). The second-order valence-corrected chi connectivity index (χ2v) is 6.70. The van der Waals surface area contributed by atoms with Crippen LogP contribution in [-0.4, -0.2) is 35.7 Å². The third kappa shape index (κ3) is 3.64. The van der Waals surface area contributed by atoms with Crippen LogP contribution in [0.3, 0.4) is 0 Å². The van der Waals surface area contributed by atoms with Crippen molar-refractivity contribution in [2.24, 2.45) is 0 Å². The van der Waals surface area contributed by atoms with Gasteiger partial charge in [-0.1, -0.05) is 12.1 Å². The Morgan fingerprint density at radius 1 is 1.16 bits per heavy atom. The zero-order chi connectivity index (χ0) is 17.9. The number of rotatable bonds is 6. The molecule has 1 N–H and O–H groups in total. The van der Waals surface area contributed by atoms with E-state index in [4.69, 9.17) is 4.74 Å². The number of tetrazole rings is 1. The summed E-state index contributed by atoms with van der Waals surface area (Å²) < 4.78 is 46.9. The lowest BCUT2D eigenvalue weighted by Crippen LogP contribution is -2.25. The van der Waals surface area contributed by atoms with Gasteiger partial charge in [0, 0.05) is 0 Å². The van der Waals surface area contributed by atoms with Gasteiger partial charge < -0.3 is 4.74 Å². The molecule has 0 atom stereocenters. The van der Waals surface area contributed by atoms with Gasteiger partial charge in [0.15, 0.2) is 5.82 Å². The molecule has 2 aromatic carbocycles. The highest BCUT2D eigenvalue weighted by Gasteiger charge is 2.19. The van der Waals surface area contributed by atoms with Gasteiger partial charge in [0.05, 0.1) is 19.3 Å². The number of aromatic nitrogens is 4. The molecule has 1 aromatic heterocycles. The maximum Gasteiger partial charge on any atom is 0.243 e. The van der Waals surface area contributed by atoms with Crippen LogP contribution in [0, 0.1) is 5.82 Å². The molecule has 0 saturated carbocycles. The minimum Gasteiger partial charge on any atom is -0.497 e. The zero-order valence-electron chi connectivity index (χ0n) is 13.1. The van der Waals surface area contributed by atoms with E-state index < -0.39 is 20.7 Å². The van der Waals surface area contributed by atoms with Crippen molar-refractivity contribution in [1.82, 2.24) is 24.9 Å². The van der Waals surface area contributed by atoms with Gasteiger partial charge in [0.2, 0.25) is 10.0 Å². The first-order valence-electron chi connectivity index (χ1n) is 7.17. The van der Waals surface area contributed by atoms with Crippen LogP contribution in [0.15, 0.2) is 53.4 Å². The molecule has 0 fully saturated rings. The van der Waals surface area contributed by atoms with Crippen molar-refractivity contribution in [3.63, 3.8) is 0 Å². The summed E-state index contributed by atoms with van der Waals surface area (Å²) in [6.45, 7) is -0.199. The number of benzene rings is 2. The molecule has 25 heavy (non-hydrogen) atoms. The molecular weight excluding hydrogens is 349 g/mol. The van der Waals surface area contributed by atoms with Crippen molar-refractivity contribution in [2.45, 2.75) is 11.4 Å². The molecule has 3 aromatic rings. The van der Waals surface area contributed by atoms with Crippen LogP contribution in [0.1, 0.15) is 5.82 Å². The minimum absolute atomic E-state index is 0.199. The second kappa shape index (κ2) is 6.95. The Bertz CT molecular complexity index is 973. The van der Waals surface area contributed by atoms with Crippen molar-refractivity contribution in [2.75, 3.05) is 7.11 Å². The van der Waals surface area contributed by atoms with Crippen molar-refractivity contribution in [3.8, 4) is 11.4 Å². The number of halogens is 1. The van der Waals surface area contributed by atoms with Gasteiger partial charge in [-0.2, -0.15) is 4.68 Å². The van der Waals surface area contributed by atoms with E-state index in [9.17, 15) is 12.8 Å². The first-order valence-corrected chi connectivity index (χ1v) is 8.65.